The molecule has 8 heteroatoms. The van der Waals surface area contributed by atoms with E-state index >= 15 is 0 Å². The number of benzene rings is 2. The van der Waals surface area contributed by atoms with Gasteiger partial charge >= 0.3 is 0 Å². The van der Waals surface area contributed by atoms with E-state index in [1.54, 1.807) is 18.2 Å². The Kier molecular flexibility index (Phi) is 9.51. The Morgan fingerprint density at radius 2 is 1.87 bits per heavy atom. The highest BCUT2D eigenvalue weighted by atomic mass is 16.5. The van der Waals surface area contributed by atoms with E-state index < -0.39 is 0 Å². The number of aryl methyl sites for hydroxylation is 2. The molecule has 0 spiro atoms. The van der Waals surface area contributed by atoms with E-state index in [0.717, 1.165) is 11.1 Å². The highest BCUT2D eigenvalue weighted by molar-refractivity contribution is 5.78. The maximum Gasteiger partial charge on any atom is 0.224 e. The first-order chi connectivity index (χ1) is 14.5. The van der Waals surface area contributed by atoms with Gasteiger partial charge in [-0.2, -0.15) is 0 Å². The molecule has 2 aromatic rings. The average Bonchev–Trinajstić information content (AvgIpc) is 2.74. The number of nitrogens with zero attached hydrogens (tertiary/aromatic N) is 3. The van der Waals surface area contributed by atoms with Gasteiger partial charge in [0, 0.05) is 11.5 Å². The van der Waals surface area contributed by atoms with Crippen LogP contribution >= 0.6 is 0 Å². The number of methoxy groups -OCH3 is 1. The van der Waals surface area contributed by atoms with E-state index in [0.29, 0.717) is 31.3 Å². The van der Waals surface area contributed by atoms with Gasteiger partial charge in [-0.1, -0.05) is 29.4 Å². The van der Waals surface area contributed by atoms with Crippen molar-refractivity contribution in [1.82, 2.24) is 5.32 Å². The zero-order valence-corrected chi connectivity index (χ0v) is 17.7. The first kappa shape index (κ1) is 23.1. The zero-order chi connectivity index (χ0) is 21.8. The summed E-state index contributed by atoms with van der Waals surface area (Å²) in [6, 6.07) is 11.6. The Hall–Kier alpha value is -3.22. The summed E-state index contributed by atoms with van der Waals surface area (Å²) in [5, 5.41) is 6.27. The number of amides is 1. The van der Waals surface area contributed by atoms with Crippen molar-refractivity contribution < 1.29 is 19.0 Å². The zero-order valence-electron chi connectivity index (χ0n) is 17.7. The van der Waals surface area contributed by atoms with Crippen LogP contribution in [0.3, 0.4) is 0 Å². The Bertz CT molecular complexity index is 895. The largest absolute Gasteiger partial charge is 0.493 e. The highest BCUT2D eigenvalue weighted by Crippen LogP contribution is 2.28. The van der Waals surface area contributed by atoms with Crippen LogP contribution in [0.25, 0.3) is 10.4 Å². The van der Waals surface area contributed by atoms with Crippen molar-refractivity contribution in [3.63, 3.8) is 0 Å². The van der Waals surface area contributed by atoms with Crippen LogP contribution in [0, 0.1) is 13.8 Å². The maximum atomic E-state index is 12.2. The van der Waals surface area contributed by atoms with Crippen molar-refractivity contribution >= 4 is 5.91 Å². The molecule has 1 N–H and O–H groups in total. The summed E-state index contributed by atoms with van der Waals surface area (Å²) in [6.45, 7) is 6.06. The van der Waals surface area contributed by atoms with Crippen LogP contribution in [0.2, 0.25) is 0 Å². The molecule has 30 heavy (non-hydrogen) atoms. The van der Waals surface area contributed by atoms with Crippen LogP contribution in [-0.4, -0.2) is 39.3 Å². The molecule has 0 radical (unpaired) electrons. The van der Waals surface area contributed by atoms with E-state index in [-0.39, 0.29) is 25.5 Å². The number of carbonyl (C=O) groups excluding carboxylic acids is 1. The van der Waals surface area contributed by atoms with Crippen molar-refractivity contribution in [2.24, 2.45) is 5.11 Å². The third kappa shape index (κ3) is 7.66. The van der Waals surface area contributed by atoms with Gasteiger partial charge in [0.05, 0.1) is 39.9 Å². The second-order valence-corrected chi connectivity index (χ2v) is 6.79. The van der Waals surface area contributed by atoms with Crippen LogP contribution < -0.4 is 14.8 Å². The Labute approximate surface area is 176 Å². The van der Waals surface area contributed by atoms with Gasteiger partial charge in [0.1, 0.15) is 0 Å². The predicted octanol–water partition coefficient (Wildman–Crippen LogP) is 3.88. The number of ether oxygens (including phenoxy) is 3. The van der Waals surface area contributed by atoms with Gasteiger partial charge in [0.2, 0.25) is 5.91 Å². The minimum absolute atomic E-state index is 0.0936. The van der Waals surface area contributed by atoms with Gasteiger partial charge in [0.25, 0.3) is 0 Å². The van der Waals surface area contributed by atoms with Crippen molar-refractivity contribution in [2.75, 3.05) is 33.4 Å². The standard InChI is InChI=1S/C22H28N4O4/c1-16-4-5-19(12-17(16)2)15-29-10-8-24-22(27)14-18-6-7-20(21(13-18)28-3)30-11-9-25-26-23/h4-7,12-13H,8-11,14-15H2,1-3H3,(H,24,27). The number of nitrogens with one attached hydrogen (secondary N) is 1. The van der Waals surface area contributed by atoms with E-state index in [2.05, 4.69) is 47.4 Å². The number of carbonyl (C=O) groups is 1. The van der Waals surface area contributed by atoms with E-state index in [1.165, 1.54) is 18.2 Å². The molecule has 1 amide bonds. The third-order valence-electron chi connectivity index (χ3n) is 4.51. The molecule has 0 saturated carbocycles. The van der Waals surface area contributed by atoms with Crippen molar-refractivity contribution in [2.45, 2.75) is 26.9 Å². The quantitative estimate of drug-likeness (QED) is 0.247. The first-order valence-corrected chi connectivity index (χ1v) is 9.74. The summed E-state index contributed by atoms with van der Waals surface area (Å²) in [4.78, 5) is 14.8. The lowest BCUT2D eigenvalue weighted by Gasteiger charge is -2.12. The molecular weight excluding hydrogens is 384 g/mol. The van der Waals surface area contributed by atoms with Crippen LogP contribution in [-0.2, 0) is 22.6 Å². The molecule has 0 heterocycles. The fourth-order valence-corrected chi connectivity index (χ4v) is 2.78. The minimum atomic E-state index is -0.0936. The molecule has 0 aromatic heterocycles. The lowest BCUT2D eigenvalue weighted by Crippen LogP contribution is -2.28. The van der Waals surface area contributed by atoms with Crippen LogP contribution in [0.15, 0.2) is 41.5 Å². The van der Waals surface area contributed by atoms with Gasteiger partial charge in [-0.25, -0.2) is 0 Å². The van der Waals surface area contributed by atoms with Crippen molar-refractivity contribution in [3.05, 3.63) is 69.1 Å². The molecule has 0 aliphatic heterocycles. The fourth-order valence-electron chi connectivity index (χ4n) is 2.78. The Balaban J connectivity index is 1.73. The molecule has 0 bridgehead atoms. The molecule has 0 aliphatic carbocycles. The number of azide groups is 1. The predicted molar refractivity (Wildman–Crippen MR) is 115 cm³/mol. The average molecular weight is 412 g/mol. The van der Waals surface area contributed by atoms with Gasteiger partial charge in [-0.15, -0.1) is 0 Å². The lowest BCUT2D eigenvalue weighted by molar-refractivity contribution is -0.120. The van der Waals surface area contributed by atoms with Gasteiger partial charge in [-0.3, -0.25) is 4.79 Å². The van der Waals surface area contributed by atoms with Crippen LogP contribution in [0.5, 0.6) is 11.5 Å². The normalized spacial score (nSPS) is 10.2. The molecule has 0 unspecified atom stereocenters. The molecule has 2 rings (SSSR count). The summed E-state index contributed by atoms with van der Waals surface area (Å²) >= 11 is 0. The Morgan fingerprint density at radius 3 is 2.60 bits per heavy atom. The van der Waals surface area contributed by atoms with Crippen molar-refractivity contribution in [3.8, 4) is 11.5 Å². The van der Waals surface area contributed by atoms with Gasteiger partial charge in [0.15, 0.2) is 11.5 Å². The maximum absolute atomic E-state index is 12.2. The molecular formula is C22H28N4O4. The third-order valence-corrected chi connectivity index (χ3v) is 4.51. The SMILES string of the molecule is COc1cc(CC(=O)NCCOCc2ccc(C)c(C)c2)ccc1OCCN=[N+]=[N-]. The molecule has 0 aliphatic rings. The molecule has 2 aromatic carbocycles. The molecule has 0 saturated heterocycles. The summed E-state index contributed by atoms with van der Waals surface area (Å²) in [5.74, 6) is 0.969. The minimum Gasteiger partial charge on any atom is -0.493 e. The van der Waals surface area contributed by atoms with E-state index in [1.807, 2.05) is 0 Å². The topological polar surface area (TPSA) is 106 Å². The summed E-state index contributed by atoms with van der Waals surface area (Å²) in [5.41, 5.74) is 12.7. The summed E-state index contributed by atoms with van der Waals surface area (Å²) in [7, 11) is 1.53. The summed E-state index contributed by atoms with van der Waals surface area (Å²) in [6.07, 6.45) is 0.229. The smallest absolute Gasteiger partial charge is 0.224 e. The molecule has 0 atom stereocenters. The first-order valence-electron chi connectivity index (χ1n) is 9.74. The van der Waals surface area contributed by atoms with E-state index in [9.17, 15) is 4.79 Å². The summed E-state index contributed by atoms with van der Waals surface area (Å²) < 4.78 is 16.5. The fraction of sp³-hybridized carbons (Fsp3) is 0.409. The van der Waals surface area contributed by atoms with Crippen LogP contribution in [0.4, 0.5) is 0 Å². The lowest BCUT2D eigenvalue weighted by atomic mass is 10.1. The van der Waals surface area contributed by atoms with Crippen molar-refractivity contribution in [1.29, 1.82) is 0 Å². The molecule has 0 fully saturated rings. The van der Waals surface area contributed by atoms with E-state index in [4.69, 9.17) is 19.7 Å². The molecule has 8 nitrogen and oxygen atoms in total. The second-order valence-electron chi connectivity index (χ2n) is 6.79. The number of hydrogen-bond donors (Lipinski definition) is 1. The second kappa shape index (κ2) is 12.4. The number of rotatable bonds is 12. The Morgan fingerprint density at radius 1 is 1.07 bits per heavy atom. The molecule has 160 valence electrons. The van der Waals surface area contributed by atoms with Gasteiger partial charge < -0.3 is 19.5 Å². The number of hydrogen-bond acceptors (Lipinski definition) is 5. The monoisotopic (exact) mass is 412 g/mol. The van der Waals surface area contributed by atoms with Gasteiger partial charge in [-0.05, 0) is 53.8 Å². The highest BCUT2D eigenvalue weighted by Gasteiger charge is 2.09. The van der Waals surface area contributed by atoms with Crippen LogP contribution in [0.1, 0.15) is 22.3 Å².